The predicted molar refractivity (Wildman–Crippen MR) is 61.1 cm³/mol. The first kappa shape index (κ1) is 16.4. The van der Waals surface area contributed by atoms with Gasteiger partial charge in [0.2, 0.25) is 0 Å². The molecule has 0 amide bonds. The van der Waals surface area contributed by atoms with Gasteiger partial charge in [0.25, 0.3) is 0 Å². The molecule has 14 heavy (non-hydrogen) atoms. The largest absolute Gasteiger partial charge is 0.465 e. The van der Waals surface area contributed by atoms with Gasteiger partial charge in [0.15, 0.2) is 0 Å². The summed E-state index contributed by atoms with van der Waals surface area (Å²) in [7, 11) is 0. The van der Waals surface area contributed by atoms with Crippen molar-refractivity contribution in [2.24, 2.45) is 11.7 Å². The van der Waals surface area contributed by atoms with E-state index in [1.807, 2.05) is 0 Å². The van der Waals surface area contributed by atoms with E-state index in [4.69, 9.17) is 10.5 Å². The SMILES string of the molecule is Cl.Cl.NCCCOC(=O)C1CCCC1. The van der Waals surface area contributed by atoms with Gasteiger partial charge in [-0.1, -0.05) is 12.8 Å². The van der Waals surface area contributed by atoms with Crippen molar-refractivity contribution in [1.29, 1.82) is 0 Å². The minimum absolute atomic E-state index is 0. The lowest BCUT2D eigenvalue weighted by molar-refractivity contribution is -0.148. The maximum atomic E-state index is 11.3. The number of carbonyl (C=O) groups is 1. The molecule has 86 valence electrons. The first-order valence-electron chi connectivity index (χ1n) is 4.71. The molecule has 0 aromatic heterocycles. The second-order valence-corrected chi connectivity index (χ2v) is 3.29. The second kappa shape index (κ2) is 9.56. The van der Waals surface area contributed by atoms with Gasteiger partial charge in [-0.3, -0.25) is 4.79 Å². The van der Waals surface area contributed by atoms with Crippen LogP contribution in [0.4, 0.5) is 0 Å². The number of esters is 1. The third kappa shape index (κ3) is 5.68. The van der Waals surface area contributed by atoms with Gasteiger partial charge in [-0.15, -0.1) is 24.8 Å². The van der Waals surface area contributed by atoms with Gasteiger partial charge in [-0.2, -0.15) is 0 Å². The summed E-state index contributed by atoms with van der Waals surface area (Å²) >= 11 is 0. The monoisotopic (exact) mass is 243 g/mol. The van der Waals surface area contributed by atoms with Crippen LogP contribution >= 0.6 is 24.8 Å². The summed E-state index contributed by atoms with van der Waals surface area (Å²) in [5.74, 6) is 0.170. The van der Waals surface area contributed by atoms with Gasteiger partial charge in [0.1, 0.15) is 0 Å². The van der Waals surface area contributed by atoms with Crippen LogP contribution in [-0.4, -0.2) is 19.1 Å². The van der Waals surface area contributed by atoms with E-state index in [2.05, 4.69) is 0 Å². The molecule has 0 aromatic carbocycles. The lowest BCUT2D eigenvalue weighted by atomic mass is 10.1. The number of hydrogen-bond donors (Lipinski definition) is 1. The quantitative estimate of drug-likeness (QED) is 0.607. The number of ether oxygens (including phenoxy) is 1. The molecule has 5 heteroatoms. The van der Waals surface area contributed by atoms with Crippen LogP contribution in [0.15, 0.2) is 0 Å². The van der Waals surface area contributed by atoms with Crippen LogP contribution in [0.25, 0.3) is 0 Å². The van der Waals surface area contributed by atoms with E-state index in [9.17, 15) is 4.79 Å². The summed E-state index contributed by atoms with van der Waals surface area (Å²) in [6, 6.07) is 0. The first-order chi connectivity index (χ1) is 5.84. The molecule has 1 fully saturated rings. The molecule has 0 radical (unpaired) electrons. The number of halogens is 2. The summed E-state index contributed by atoms with van der Waals surface area (Å²) in [5, 5.41) is 0. The molecule has 0 unspecified atom stereocenters. The van der Waals surface area contributed by atoms with Crippen LogP contribution < -0.4 is 5.73 Å². The molecule has 0 bridgehead atoms. The van der Waals surface area contributed by atoms with Gasteiger partial charge in [0, 0.05) is 0 Å². The van der Waals surface area contributed by atoms with E-state index in [1.54, 1.807) is 0 Å². The average molecular weight is 244 g/mol. The maximum absolute atomic E-state index is 11.3. The molecular formula is C9H19Cl2NO2. The molecule has 3 nitrogen and oxygen atoms in total. The molecule has 1 aliphatic carbocycles. The van der Waals surface area contributed by atoms with Gasteiger partial charge in [0.05, 0.1) is 12.5 Å². The standard InChI is InChI=1S/C9H17NO2.2ClH/c10-6-3-7-12-9(11)8-4-1-2-5-8;;/h8H,1-7,10H2;2*1H. The van der Waals surface area contributed by atoms with E-state index in [-0.39, 0.29) is 36.7 Å². The van der Waals surface area contributed by atoms with E-state index >= 15 is 0 Å². The molecule has 0 aliphatic heterocycles. The van der Waals surface area contributed by atoms with Crippen molar-refractivity contribution < 1.29 is 9.53 Å². The summed E-state index contributed by atoms with van der Waals surface area (Å²) in [4.78, 5) is 11.3. The summed E-state index contributed by atoms with van der Waals surface area (Å²) in [6.45, 7) is 1.09. The lowest BCUT2D eigenvalue weighted by Crippen LogP contribution is -2.16. The molecular weight excluding hydrogens is 225 g/mol. The molecule has 0 atom stereocenters. The zero-order valence-electron chi connectivity index (χ0n) is 8.24. The van der Waals surface area contributed by atoms with Crippen LogP contribution in [0.3, 0.4) is 0 Å². The van der Waals surface area contributed by atoms with Crippen LogP contribution in [0, 0.1) is 5.92 Å². The number of hydrogen-bond acceptors (Lipinski definition) is 3. The fourth-order valence-electron chi connectivity index (χ4n) is 1.54. The first-order valence-corrected chi connectivity index (χ1v) is 4.71. The highest BCUT2D eigenvalue weighted by atomic mass is 35.5. The predicted octanol–water partition coefficient (Wildman–Crippen LogP) is 1.91. The Kier molecular flexibility index (Phi) is 11.2. The summed E-state index contributed by atoms with van der Waals surface area (Å²) in [5.41, 5.74) is 5.28. The van der Waals surface area contributed by atoms with E-state index in [0.29, 0.717) is 13.2 Å². The Morgan fingerprint density at radius 1 is 1.29 bits per heavy atom. The molecule has 1 saturated carbocycles. The Labute approximate surface area is 97.6 Å². The number of nitrogens with two attached hydrogens (primary N) is 1. The second-order valence-electron chi connectivity index (χ2n) is 3.29. The number of rotatable bonds is 4. The molecule has 0 heterocycles. The fourth-order valence-corrected chi connectivity index (χ4v) is 1.54. The molecule has 0 spiro atoms. The minimum Gasteiger partial charge on any atom is -0.465 e. The van der Waals surface area contributed by atoms with Crippen molar-refractivity contribution in [2.75, 3.05) is 13.2 Å². The Hall–Kier alpha value is 0.01000. The molecule has 1 rings (SSSR count). The van der Waals surface area contributed by atoms with Gasteiger partial charge < -0.3 is 10.5 Å². The number of carbonyl (C=O) groups excluding carboxylic acids is 1. The zero-order chi connectivity index (χ0) is 8.81. The molecule has 0 saturated heterocycles. The highest BCUT2D eigenvalue weighted by Gasteiger charge is 2.23. The normalized spacial score (nSPS) is 15.5. The topological polar surface area (TPSA) is 52.3 Å². The highest BCUT2D eigenvalue weighted by Crippen LogP contribution is 2.25. The van der Waals surface area contributed by atoms with Crippen LogP contribution in [0.2, 0.25) is 0 Å². The van der Waals surface area contributed by atoms with Crippen LogP contribution in [0.1, 0.15) is 32.1 Å². The third-order valence-electron chi connectivity index (χ3n) is 2.28. The third-order valence-corrected chi connectivity index (χ3v) is 2.28. The Morgan fingerprint density at radius 3 is 2.36 bits per heavy atom. The van der Waals surface area contributed by atoms with Gasteiger partial charge in [-0.25, -0.2) is 0 Å². The Bertz CT molecular complexity index is 150. The molecule has 0 aromatic rings. The van der Waals surface area contributed by atoms with E-state index in [0.717, 1.165) is 19.3 Å². The molecule has 2 N–H and O–H groups in total. The minimum atomic E-state index is -0.0130. The van der Waals surface area contributed by atoms with Crippen molar-refractivity contribution in [3.8, 4) is 0 Å². The van der Waals surface area contributed by atoms with Crippen molar-refractivity contribution in [3.05, 3.63) is 0 Å². The molecule has 1 aliphatic rings. The highest BCUT2D eigenvalue weighted by molar-refractivity contribution is 5.85. The Balaban J connectivity index is 0. The Morgan fingerprint density at radius 2 is 1.86 bits per heavy atom. The van der Waals surface area contributed by atoms with Crippen molar-refractivity contribution in [2.45, 2.75) is 32.1 Å². The fraction of sp³-hybridized carbons (Fsp3) is 0.889. The average Bonchev–Trinajstić information content (AvgIpc) is 2.56. The van der Waals surface area contributed by atoms with Crippen molar-refractivity contribution in [1.82, 2.24) is 0 Å². The smallest absolute Gasteiger partial charge is 0.308 e. The van der Waals surface area contributed by atoms with Crippen LogP contribution in [0.5, 0.6) is 0 Å². The van der Waals surface area contributed by atoms with E-state index < -0.39 is 0 Å². The van der Waals surface area contributed by atoms with Gasteiger partial charge in [-0.05, 0) is 25.8 Å². The zero-order valence-corrected chi connectivity index (χ0v) is 9.87. The summed E-state index contributed by atoms with van der Waals surface area (Å²) < 4.78 is 5.05. The van der Waals surface area contributed by atoms with Gasteiger partial charge >= 0.3 is 5.97 Å². The van der Waals surface area contributed by atoms with Crippen LogP contribution in [-0.2, 0) is 9.53 Å². The van der Waals surface area contributed by atoms with Crippen molar-refractivity contribution >= 4 is 30.8 Å². The maximum Gasteiger partial charge on any atom is 0.308 e. The lowest BCUT2D eigenvalue weighted by Gasteiger charge is -2.08. The summed E-state index contributed by atoms with van der Waals surface area (Å²) in [6.07, 6.45) is 5.16. The van der Waals surface area contributed by atoms with E-state index in [1.165, 1.54) is 12.8 Å². The van der Waals surface area contributed by atoms with Crippen molar-refractivity contribution in [3.63, 3.8) is 0 Å².